The molecule has 2 N–H and O–H groups in total. The smallest absolute Gasteiger partial charge is 0.162 e. The van der Waals surface area contributed by atoms with Crippen LogP contribution in [0.1, 0.15) is 116 Å². The van der Waals surface area contributed by atoms with Crippen LogP contribution in [0.3, 0.4) is 0 Å². The highest BCUT2D eigenvalue weighted by Crippen LogP contribution is 2.15. The second kappa shape index (κ2) is 15.8. The molecule has 0 aliphatic carbocycles. The van der Waals surface area contributed by atoms with E-state index in [2.05, 4.69) is 13.8 Å². The second-order valence-corrected chi connectivity index (χ2v) is 7.04. The molecular formula is C20H41O2. The van der Waals surface area contributed by atoms with Crippen LogP contribution in [0.15, 0.2) is 0 Å². The predicted molar refractivity (Wildman–Crippen MR) is 96.7 cm³/mol. The molecule has 2 heteroatoms. The van der Waals surface area contributed by atoms with Gasteiger partial charge in [-0.25, -0.2) is 0 Å². The molecule has 22 heavy (non-hydrogen) atoms. The summed E-state index contributed by atoms with van der Waals surface area (Å²) in [4.78, 5) is 0. The summed E-state index contributed by atoms with van der Waals surface area (Å²) in [5, 5.41) is 18.2. The lowest BCUT2D eigenvalue weighted by molar-refractivity contribution is -0.126. The molecule has 0 rings (SSSR count). The maximum Gasteiger partial charge on any atom is 0.162 e. The van der Waals surface area contributed by atoms with E-state index in [1.54, 1.807) is 0 Å². The van der Waals surface area contributed by atoms with Gasteiger partial charge in [0.25, 0.3) is 0 Å². The highest BCUT2D eigenvalue weighted by Gasteiger charge is 2.13. The van der Waals surface area contributed by atoms with E-state index in [1.807, 2.05) is 0 Å². The van der Waals surface area contributed by atoms with Gasteiger partial charge < -0.3 is 10.2 Å². The van der Waals surface area contributed by atoms with E-state index in [9.17, 15) is 0 Å². The molecule has 0 aromatic rings. The SMILES string of the molecule is [CH2]C(O)(O)CCCCCCCCCCCCCCCCCC. The van der Waals surface area contributed by atoms with Gasteiger partial charge >= 0.3 is 0 Å². The van der Waals surface area contributed by atoms with Gasteiger partial charge in [-0.2, -0.15) is 0 Å². The molecule has 0 spiro atoms. The van der Waals surface area contributed by atoms with Crippen LogP contribution in [-0.4, -0.2) is 16.0 Å². The molecule has 0 fully saturated rings. The molecule has 0 heterocycles. The summed E-state index contributed by atoms with van der Waals surface area (Å²) in [5.41, 5.74) is 0. The molecule has 0 unspecified atom stereocenters. The van der Waals surface area contributed by atoms with Crippen molar-refractivity contribution in [1.82, 2.24) is 0 Å². The lowest BCUT2D eigenvalue weighted by Crippen LogP contribution is -2.22. The highest BCUT2D eigenvalue weighted by molar-refractivity contribution is 4.65. The van der Waals surface area contributed by atoms with Crippen molar-refractivity contribution in [2.45, 2.75) is 122 Å². The third-order valence-electron chi connectivity index (χ3n) is 4.43. The first-order valence-electron chi connectivity index (χ1n) is 9.86. The summed E-state index contributed by atoms with van der Waals surface area (Å²) in [5.74, 6) is -1.71. The van der Waals surface area contributed by atoms with E-state index in [-0.39, 0.29) is 0 Å². The zero-order valence-electron chi connectivity index (χ0n) is 15.1. The van der Waals surface area contributed by atoms with Crippen molar-refractivity contribution in [1.29, 1.82) is 0 Å². The minimum Gasteiger partial charge on any atom is -0.366 e. The summed E-state index contributed by atoms with van der Waals surface area (Å²) in [6, 6.07) is 0. The van der Waals surface area contributed by atoms with Crippen molar-refractivity contribution in [2.75, 3.05) is 0 Å². The maximum absolute atomic E-state index is 9.08. The molecule has 0 aromatic heterocycles. The molecule has 0 saturated carbocycles. The van der Waals surface area contributed by atoms with Crippen molar-refractivity contribution in [3.05, 3.63) is 6.92 Å². The lowest BCUT2D eigenvalue weighted by Gasteiger charge is -2.14. The zero-order valence-corrected chi connectivity index (χ0v) is 15.1. The summed E-state index contributed by atoms with van der Waals surface area (Å²) in [7, 11) is 0. The quantitative estimate of drug-likeness (QED) is 0.249. The lowest BCUT2D eigenvalue weighted by atomic mass is 10.0. The fourth-order valence-corrected chi connectivity index (χ4v) is 2.96. The first-order chi connectivity index (χ1) is 10.6. The molecule has 2 nitrogen and oxygen atoms in total. The van der Waals surface area contributed by atoms with Gasteiger partial charge in [0, 0.05) is 13.3 Å². The van der Waals surface area contributed by atoms with Crippen LogP contribution in [0, 0.1) is 6.92 Å². The van der Waals surface area contributed by atoms with Crippen molar-refractivity contribution < 1.29 is 10.2 Å². The Hall–Kier alpha value is -0.0800. The van der Waals surface area contributed by atoms with Gasteiger partial charge in [-0.1, -0.05) is 103 Å². The van der Waals surface area contributed by atoms with Crippen molar-refractivity contribution in [3.8, 4) is 0 Å². The normalized spacial score (nSPS) is 12.0. The Kier molecular flexibility index (Phi) is 15.7. The fourth-order valence-electron chi connectivity index (χ4n) is 2.96. The number of unbranched alkanes of at least 4 members (excludes halogenated alkanes) is 15. The minimum absolute atomic E-state index is 0.394. The summed E-state index contributed by atoms with van der Waals surface area (Å²) >= 11 is 0. The van der Waals surface area contributed by atoms with E-state index >= 15 is 0 Å². The molecule has 0 amide bonds. The van der Waals surface area contributed by atoms with Gasteiger partial charge in [-0.15, -0.1) is 0 Å². The third kappa shape index (κ3) is 19.9. The highest BCUT2D eigenvalue weighted by atomic mass is 16.5. The molecule has 0 atom stereocenters. The van der Waals surface area contributed by atoms with Crippen molar-refractivity contribution in [2.24, 2.45) is 0 Å². The first-order valence-corrected chi connectivity index (χ1v) is 9.86. The number of hydrogen-bond acceptors (Lipinski definition) is 2. The van der Waals surface area contributed by atoms with Gasteiger partial charge in [-0.05, 0) is 6.42 Å². The Bertz CT molecular complexity index is 208. The summed E-state index contributed by atoms with van der Waals surface area (Å²) in [6.45, 7) is 5.56. The van der Waals surface area contributed by atoms with Gasteiger partial charge in [-0.3, -0.25) is 0 Å². The van der Waals surface area contributed by atoms with Crippen LogP contribution < -0.4 is 0 Å². The molecular weight excluding hydrogens is 272 g/mol. The van der Waals surface area contributed by atoms with Crippen LogP contribution in [0.25, 0.3) is 0 Å². The average molecular weight is 314 g/mol. The largest absolute Gasteiger partial charge is 0.366 e. The van der Waals surface area contributed by atoms with Crippen LogP contribution in [0.4, 0.5) is 0 Å². The van der Waals surface area contributed by atoms with Crippen LogP contribution in [0.2, 0.25) is 0 Å². The van der Waals surface area contributed by atoms with Crippen LogP contribution in [-0.2, 0) is 0 Å². The molecule has 0 aliphatic rings. The summed E-state index contributed by atoms with van der Waals surface area (Å²) < 4.78 is 0. The Balaban J connectivity index is 3.00. The summed E-state index contributed by atoms with van der Waals surface area (Å²) in [6.07, 6.45) is 21.7. The van der Waals surface area contributed by atoms with E-state index in [0.717, 1.165) is 12.8 Å². The Morgan fingerprint density at radius 2 is 0.818 bits per heavy atom. The Labute approximate surface area is 139 Å². The molecule has 0 aromatic carbocycles. The number of hydrogen-bond donors (Lipinski definition) is 2. The predicted octanol–water partition coefficient (Wildman–Crippen LogP) is 6.15. The molecule has 0 aliphatic heterocycles. The first kappa shape index (κ1) is 21.9. The van der Waals surface area contributed by atoms with Gasteiger partial charge in [0.15, 0.2) is 5.79 Å². The van der Waals surface area contributed by atoms with Crippen molar-refractivity contribution >= 4 is 0 Å². The van der Waals surface area contributed by atoms with E-state index in [1.165, 1.54) is 89.9 Å². The molecule has 0 saturated heterocycles. The Morgan fingerprint density at radius 1 is 0.545 bits per heavy atom. The van der Waals surface area contributed by atoms with E-state index in [0.29, 0.717) is 6.42 Å². The minimum atomic E-state index is -1.71. The zero-order chi connectivity index (χ0) is 16.5. The number of rotatable bonds is 17. The maximum atomic E-state index is 9.08. The standard InChI is InChI=1S/C20H41O2/c1-3-4-5-6-7-8-9-10-11-12-13-14-15-16-17-18-19-20(2,21)22/h21-22H,2-19H2,1H3. The fraction of sp³-hybridized carbons (Fsp3) is 0.950. The monoisotopic (exact) mass is 313 g/mol. The molecule has 1 radical (unpaired) electrons. The van der Waals surface area contributed by atoms with Crippen LogP contribution >= 0.6 is 0 Å². The van der Waals surface area contributed by atoms with Gasteiger partial charge in [0.2, 0.25) is 0 Å². The number of aliphatic hydroxyl groups is 2. The van der Waals surface area contributed by atoms with Gasteiger partial charge in [0.05, 0.1) is 0 Å². The van der Waals surface area contributed by atoms with E-state index in [4.69, 9.17) is 10.2 Å². The van der Waals surface area contributed by atoms with Gasteiger partial charge in [0.1, 0.15) is 0 Å². The molecule has 133 valence electrons. The van der Waals surface area contributed by atoms with Crippen LogP contribution in [0.5, 0.6) is 0 Å². The second-order valence-electron chi connectivity index (χ2n) is 7.04. The molecule has 0 bridgehead atoms. The Morgan fingerprint density at radius 3 is 1.09 bits per heavy atom. The average Bonchev–Trinajstić information content (AvgIpc) is 2.45. The topological polar surface area (TPSA) is 40.5 Å². The third-order valence-corrected chi connectivity index (χ3v) is 4.43. The van der Waals surface area contributed by atoms with Crippen molar-refractivity contribution in [3.63, 3.8) is 0 Å². The van der Waals surface area contributed by atoms with E-state index < -0.39 is 5.79 Å².